The molecule has 2 aromatic rings. The van der Waals surface area contributed by atoms with Gasteiger partial charge >= 0.3 is 5.97 Å². The third-order valence-corrected chi connectivity index (χ3v) is 4.51. The van der Waals surface area contributed by atoms with Crippen molar-refractivity contribution in [3.8, 4) is 11.1 Å². The molecule has 0 aliphatic carbocycles. The lowest BCUT2D eigenvalue weighted by Crippen LogP contribution is -2.31. The van der Waals surface area contributed by atoms with Gasteiger partial charge in [0.1, 0.15) is 5.15 Å². The van der Waals surface area contributed by atoms with Crippen molar-refractivity contribution in [2.24, 2.45) is 5.92 Å². The van der Waals surface area contributed by atoms with Gasteiger partial charge in [-0.1, -0.05) is 42.3 Å². The second-order valence-electron chi connectivity index (χ2n) is 5.73. The zero-order valence-electron chi connectivity index (χ0n) is 14.1. The molecule has 0 saturated carbocycles. The van der Waals surface area contributed by atoms with Crippen LogP contribution in [0.15, 0.2) is 24.4 Å². The summed E-state index contributed by atoms with van der Waals surface area (Å²) in [6.45, 7) is 3.35. The zero-order chi connectivity index (χ0) is 19.4. The highest BCUT2D eigenvalue weighted by atomic mass is 35.5. The van der Waals surface area contributed by atoms with Crippen LogP contribution in [0, 0.1) is 17.6 Å². The summed E-state index contributed by atoms with van der Waals surface area (Å²) in [7, 11) is 0. The number of nitrogens with zero attached hydrogens (tertiary/aromatic N) is 1. The van der Waals surface area contributed by atoms with Crippen LogP contribution in [-0.2, 0) is 16.0 Å². The van der Waals surface area contributed by atoms with Gasteiger partial charge in [0.2, 0.25) is 0 Å². The highest BCUT2D eigenvalue weighted by Gasteiger charge is 2.27. The Labute approximate surface area is 159 Å². The van der Waals surface area contributed by atoms with Crippen LogP contribution in [0.1, 0.15) is 19.4 Å². The van der Waals surface area contributed by atoms with E-state index < -0.39 is 29.6 Å². The molecule has 0 aliphatic rings. The van der Waals surface area contributed by atoms with Crippen LogP contribution in [-0.4, -0.2) is 28.8 Å². The lowest BCUT2D eigenvalue weighted by molar-refractivity contribution is -0.155. The minimum Gasteiger partial charge on any atom is -0.464 e. The van der Waals surface area contributed by atoms with Gasteiger partial charge in [0.05, 0.1) is 11.6 Å². The number of hydrogen-bond acceptors (Lipinski definition) is 4. The summed E-state index contributed by atoms with van der Waals surface area (Å²) in [4.78, 5) is 15.7. The summed E-state index contributed by atoms with van der Waals surface area (Å²) in [6, 6.07) is 3.70. The third-order valence-electron chi connectivity index (χ3n) is 3.89. The number of hydrogen-bond donors (Lipinski definition) is 1. The molecule has 0 saturated heterocycles. The predicted octanol–water partition coefficient (Wildman–Crippen LogP) is 4.44. The molecule has 0 spiro atoms. The number of carbonyl (C=O) groups excluding carboxylic acids is 1. The highest BCUT2D eigenvalue weighted by Crippen LogP contribution is 2.37. The van der Waals surface area contributed by atoms with E-state index >= 15 is 0 Å². The molecule has 8 heteroatoms. The van der Waals surface area contributed by atoms with Gasteiger partial charge in [0, 0.05) is 17.3 Å². The molecule has 140 valence electrons. The molecular formula is C18H17Cl2F2NO3. The SMILES string of the molecule is CCOC(=O)C(O)C(C)Cc1c(Cl)ncc(Cl)c1-c1cccc(F)c1F. The number of aromatic nitrogens is 1. The van der Waals surface area contributed by atoms with E-state index in [4.69, 9.17) is 27.9 Å². The summed E-state index contributed by atoms with van der Waals surface area (Å²) < 4.78 is 32.7. The van der Waals surface area contributed by atoms with Gasteiger partial charge in [-0.3, -0.25) is 0 Å². The number of rotatable bonds is 6. The lowest BCUT2D eigenvalue weighted by atomic mass is 9.91. The molecule has 4 nitrogen and oxygen atoms in total. The topological polar surface area (TPSA) is 59.4 Å². The molecule has 1 aromatic carbocycles. The molecule has 0 bridgehead atoms. The lowest BCUT2D eigenvalue weighted by Gasteiger charge is -2.20. The fraction of sp³-hybridized carbons (Fsp3) is 0.333. The maximum atomic E-state index is 14.3. The van der Waals surface area contributed by atoms with E-state index in [0.29, 0.717) is 5.56 Å². The van der Waals surface area contributed by atoms with Gasteiger partial charge in [-0.25, -0.2) is 18.6 Å². The number of benzene rings is 1. The van der Waals surface area contributed by atoms with Gasteiger partial charge in [0.25, 0.3) is 0 Å². The number of ether oxygens (including phenoxy) is 1. The molecule has 2 unspecified atom stereocenters. The number of halogens is 4. The molecule has 1 aromatic heterocycles. The molecule has 0 aliphatic heterocycles. The average Bonchev–Trinajstić information content (AvgIpc) is 2.60. The van der Waals surface area contributed by atoms with E-state index in [0.717, 1.165) is 6.07 Å². The van der Waals surface area contributed by atoms with Crippen LogP contribution in [0.25, 0.3) is 11.1 Å². The Bertz CT molecular complexity index is 817. The van der Waals surface area contributed by atoms with Crippen LogP contribution in [0.3, 0.4) is 0 Å². The van der Waals surface area contributed by atoms with Gasteiger partial charge in [-0.15, -0.1) is 0 Å². The van der Waals surface area contributed by atoms with Crippen LogP contribution < -0.4 is 0 Å². The van der Waals surface area contributed by atoms with E-state index in [2.05, 4.69) is 4.98 Å². The van der Waals surface area contributed by atoms with Crippen molar-refractivity contribution < 1.29 is 23.4 Å². The summed E-state index contributed by atoms with van der Waals surface area (Å²) in [5.74, 6) is -3.50. The second kappa shape index (κ2) is 8.75. The minimum absolute atomic E-state index is 0.0240. The van der Waals surface area contributed by atoms with Crippen molar-refractivity contribution in [3.05, 3.63) is 51.8 Å². The predicted molar refractivity (Wildman–Crippen MR) is 95.1 cm³/mol. The molecule has 0 fully saturated rings. The summed E-state index contributed by atoms with van der Waals surface area (Å²) in [5.41, 5.74) is 0.401. The molecular weight excluding hydrogens is 387 g/mol. The Morgan fingerprint density at radius 3 is 2.69 bits per heavy atom. The minimum atomic E-state index is -1.41. The normalized spacial score (nSPS) is 13.3. The number of aliphatic hydroxyl groups is 1. The fourth-order valence-electron chi connectivity index (χ4n) is 2.57. The fourth-order valence-corrected chi connectivity index (χ4v) is 3.06. The van der Waals surface area contributed by atoms with Crippen LogP contribution in [0.5, 0.6) is 0 Å². The first-order valence-corrected chi connectivity index (χ1v) is 8.65. The van der Waals surface area contributed by atoms with Gasteiger partial charge in [-0.05, 0) is 30.9 Å². The standard InChI is InChI=1S/C18H17Cl2F2NO3/c1-3-26-18(25)16(24)9(2)7-11-14(12(19)8-23-17(11)20)10-5-4-6-13(21)15(10)22/h4-6,8-9,16,24H,3,7H2,1-2H3. The highest BCUT2D eigenvalue weighted by molar-refractivity contribution is 6.35. The molecule has 2 rings (SSSR count). The van der Waals surface area contributed by atoms with Crippen LogP contribution in [0.2, 0.25) is 10.2 Å². The number of esters is 1. The first-order valence-electron chi connectivity index (χ1n) is 7.89. The Balaban J connectivity index is 2.48. The maximum absolute atomic E-state index is 14.3. The maximum Gasteiger partial charge on any atom is 0.335 e. The first-order chi connectivity index (χ1) is 12.3. The molecule has 26 heavy (non-hydrogen) atoms. The average molecular weight is 404 g/mol. The Hall–Kier alpha value is -1.76. The second-order valence-corrected chi connectivity index (χ2v) is 6.50. The van der Waals surface area contributed by atoms with Gasteiger partial charge < -0.3 is 9.84 Å². The van der Waals surface area contributed by atoms with Crippen LogP contribution >= 0.6 is 23.2 Å². The largest absolute Gasteiger partial charge is 0.464 e. The van der Waals surface area contributed by atoms with E-state index in [9.17, 15) is 18.7 Å². The molecule has 0 amide bonds. The van der Waals surface area contributed by atoms with E-state index in [1.807, 2.05) is 0 Å². The van der Waals surface area contributed by atoms with Crippen molar-refractivity contribution >= 4 is 29.2 Å². The number of pyridine rings is 1. The van der Waals surface area contributed by atoms with Crippen molar-refractivity contribution in [1.29, 1.82) is 0 Å². The Kier molecular flexibility index (Phi) is 6.92. The monoisotopic (exact) mass is 403 g/mol. The molecule has 1 heterocycles. The molecule has 0 radical (unpaired) electrons. The van der Waals surface area contributed by atoms with E-state index in [1.165, 1.54) is 18.3 Å². The Morgan fingerprint density at radius 2 is 2.04 bits per heavy atom. The molecule has 1 N–H and O–H groups in total. The quantitative estimate of drug-likeness (QED) is 0.572. The Morgan fingerprint density at radius 1 is 1.35 bits per heavy atom. The van der Waals surface area contributed by atoms with Crippen molar-refractivity contribution in [1.82, 2.24) is 4.98 Å². The number of carbonyl (C=O) groups is 1. The van der Waals surface area contributed by atoms with Crippen LogP contribution in [0.4, 0.5) is 8.78 Å². The van der Waals surface area contributed by atoms with Gasteiger partial charge in [0.15, 0.2) is 17.7 Å². The first kappa shape index (κ1) is 20.6. The van der Waals surface area contributed by atoms with Crippen molar-refractivity contribution in [3.63, 3.8) is 0 Å². The van der Waals surface area contributed by atoms with Crippen molar-refractivity contribution in [2.45, 2.75) is 26.4 Å². The van der Waals surface area contributed by atoms with Gasteiger partial charge in [-0.2, -0.15) is 0 Å². The third kappa shape index (κ3) is 4.31. The summed E-state index contributed by atoms with van der Waals surface area (Å²) in [6.07, 6.45) is -0.118. The molecule has 2 atom stereocenters. The summed E-state index contributed by atoms with van der Waals surface area (Å²) in [5, 5.41) is 10.2. The smallest absolute Gasteiger partial charge is 0.335 e. The zero-order valence-corrected chi connectivity index (χ0v) is 15.6. The summed E-state index contributed by atoms with van der Waals surface area (Å²) >= 11 is 12.3. The van der Waals surface area contributed by atoms with E-state index in [1.54, 1.807) is 13.8 Å². The van der Waals surface area contributed by atoms with E-state index in [-0.39, 0.29) is 34.3 Å². The van der Waals surface area contributed by atoms with Crippen molar-refractivity contribution in [2.75, 3.05) is 6.61 Å². The number of aliphatic hydroxyl groups excluding tert-OH is 1.